The van der Waals surface area contributed by atoms with Crippen LogP contribution in [0.1, 0.15) is 19.3 Å². The first-order chi connectivity index (χ1) is 16.7. The van der Waals surface area contributed by atoms with Crippen LogP contribution in [0.25, 0.3) is 0 Å². The number of unbranched alkanes of at least 4 members (excludes halogenated alkanes) is 2. The quantitative estimate of drug-likeness (QED) is 0.221. The number of hydrogen-bond acceptors (Lipinski definition) is 0. The summed E-state index contributed by atoms with van der Waals surface area (Å²) in [5.74, 6) is 0. The second-order valence-corrected chi connectivity index (χ2v) is 20.0. The van der Waals surface area contributed by atoms with Crippen LogP contribution in [0.5, 0.6) is 0 Å². The van der Waals surface area contributed by atoms with Crippen molar-refractivity contribution in [2.75, 3.05) is 0 Å². The van der Waals surface area contributed by atoms with Crippen LogP contribution in [-0.2, 0) is 0 Å². The highest BCUT2D eigenvalue weighted by molar-refractivity contribution is 6.95. The number of hydrogen-bond donors (Lipinski definition) is 0. The Morgan fingerprint density at radius 2 is 0.912 bits per heavy atom. The normalized spacial score (nSPS) is 20.3. The molecule has 5 rings (SSSR count). The van der Waals surface area contributed by atoms with Crippen molar-refractivity contribution in [1.82, 2.24) is 0 Å². The van der Waals surface area contributed by atoms with Gasteiger partial charge in [0.25, 0.3) is 0 Å². The highest BCUT2D eigenvalue weighted by Gasteiger charge is 2.46. The maximum absolute atomic E-state index is 2.65. The monoisotopic (exact) mass is 478 g/mol. The molecule has 0 aliphatic heterocycles. The minimum Gasteiger partial charge on any atom is -0.0803 e. The molecule has 0 saturated heterocycles. The lowest BCUT2D eigenvalue weighted by atomic mass is 10.3. The fraction of sp³-hybridized carbons (Fsp3) is 0.312. The molecule has 0 aromatic heterocycles. The molecule has 0 nitrogen and oxygen atoms in total. The maximum Gasteiger partial charge on any atom is 0.108 e. The van der Waals surface area contributed by atoms with Crippen molar-refractivity contribution in [1.29, 1.82) is 0 Å². The van der Waals surface area contributed by atoms with Gasteiger partial charge in [0.05, 0.1) is 8.07 Å². The van der Waals surface area contributed by atoms with Crippen LogP contribution in [0.15, 0.2) is 128 Å². The van der Waals surface area contributed by atoms with Crippen LogP contribution < -0.4 is 5.19 Å². The molecule has 0 amide bonds. The summed E-state index contributed by atoms with van der Waals surface area (Å²) in [7, 11) is -3.31. The van der Waals surface area contributed by atoms with Gasteiger partial charge in [-0.05, 0) is 22.2 Å². The Kier molecular flexibility index (Phi) is 7.17. The zero-order valence-electron chi connectivity index (χ0n) is 20.5. The molecular weight excluding hydrogens is 441 g/mol. The van der Waals surface area contributed by atoms with Crippen LogP contribution in [-0.4, -0.2) is 16.1 Å². The van der Waals surface area contributed by atoms with E-state index in [4.69, 9.17) is 0 Å². The predicted molar refractivity (Wildman–Crippen MR) is 155 cm³/mol. The molecule has 0 bridgehead atoms. The molecule has 0 radical (unpaired) electrons. The van der Waals surface area contributed by atoms with Gasteiger partial charge < -0.3 is 0 Å². The van der Waals surface area contributed by atoms with E-state index < -0.39 is 16.1 Å². The molecule has 0 unspecified atom stereocenters. The van der Waals surface area contributed by atoms with Gasteiger partial charge >= 0.3 is 0 Å². The lowest BCUT2D eigenvalue weighted by molar-refractivity contribution is 0.744. The van der Waals surface area contributed by atoms with Crippen molar-refractivity contribution in [3.8, 4) is 0 Å². The lowest BCUT2D eigenvalue weighted by Crippen LogP contribution is -2.53. The Labute approximate surface area is 208 Å². The minimum atomic E-state index is -1.83. The maximum atomic E-state index is 2.65. The number of rotatable bonds is 11. The summed E-state index contributed by atoms with van der Waals surface area (Å²) in [6.45, 7) is 2.65. The van der Waals surface area contributed by atoms with Gasteiger partial charge in [-0.3, -0.25) is 0 Å². The molecule has 4 aliphatic rings. The molecular formula is C32H38Si2. The van der Waals surface area contributed by atoms with Crippen molar-refractivity contribution in [2.45, 2.75) is 60.1 Å². The molecule has 0 atom stereocenters. The largest absolute Gasteiger partial charge is 0.108 e. The lowest BCUT2D eigenvalue weighted by Gasteiger charge is -2.40. The zero-order chi connectivity index (χ0) is 23.3. The summed E-state index contributed by atoms with van der Waals surface area (Å²) < 4.78 is 0. The molecule has 1 aromatic carbocycles. The third-order valence-electron chi connectivity index (χ3n) is 8.82. The average molecular weight is 479 g/mol. The second-order valence-electron chi connectivity index (χ2n) is 10.7. The molecule has 4 aliphatic carbocycles. The second kappa shape index (κ2) is 10.5. The molecule has 2 heteroatoms. The standard InChI is InChI=1S/C32H38Si2/c1-33(28-16-6-7-17-28,29-18-8-9-19-29)26-14-3-15-27-34(31-22-10-11-23-31,32-24-12-13-25-32)30-20-4-2-5-21-30/h2,4-13,16-25,28-29,31-32H,3,14-15,26-27H2,1H3. The van der Waals surface area contributed by atoms with Crippen LogP contribution in [0.4, 0.5) is 0 Å². The number of benzene rings is 1. The highest BCUT2D eigenvalue weighted by Crippen LogP contribution is 2.46. The van der Waals surface area contributed by atoms with Gasteiger partial charge in [-0.25, -0.2) is 0 Å². The molecule has 0 fully saturated rings. The van der Waals surface area contributed by atoms with E-state index in [1.807, 2.05) is 0 Å². The smallest absolute Gasteiger partial charge is 0.0803 e. The minimum absolute atomic E-state index is 0.592. The Balaban J connectivity index is 1.30. The van der Waals surface area contributed by atoms with E-state index in [1.54, 1.807) is 5.19 Å². The van der Waals surface area contributed by atoms with E-state index in [1.165, 1.54) is 31.4 Å². The molecule has 1 aromatic rings. The van der Waals surface area contributed by atoms with Crippen LogP contribution >= 0.6 is 0 Å². The van der Waals surface area contributed by atoms with Gasteiger partial charge in [0.2, 0.25) is 0 Å². The SMILES string of the molecule is C[Si](CCCCC[Si](c1ccccc1)(C1C=CC=C1)C1C=CC=C1)(C1C=CC=C1)C1C=CC=C1. The van der Waals surface area contributed by atoms with E-state index in [2.05, 4.69) is 134 Å². The van der Waals surface area contributed by atoms with Crippen molar-refractivity contribution >= 4 is 21.3 Å². The van der Waals surface area contributed by atoms with Crippen LogP contribution in [0.2, 0.25) is 40.8 Å². The first kappa shape index (κ1) is 23.3. The topological polar surface area (TPSA) is 0 Å². The Hall–Kier alpha value is -2.43. The fourth-order valence-corrected chi connectivity index (χ4v) is 16.7. The third-order valence-corrected chi connectivity index (χ3v) is 19.8. The van der Waals surface area contributed by atoms with Gasteiger partial charge in [0.15, 0.2) is 0 Å². The average Bonchev–Trinajstić information content (AvgIpc) is 3.68. The van der Waals surface area contributed by atoms with Crippen molar-refractivity contribution < 1.29 is 0 Å². The van der Waals surface area contributed by atoms with E-state index in [0.717, 1.165) is 0 Å². The van der Waals surface area contributed by atoms with Crippen LogP contribution in [0.3, 0.4) is 0 Å². The van der Waals surface area contributed by atoms with Gasteiger partial charge in [0, 0.05) is 0 Å². The van der Waals surface area contributed by atoms with Crippen molar-refractivity contribution in [3.05, 3.63) is 128 Å². The van der Waals surface area contributed by atoms with E-state index in [9.17, 15) is 0 Å². The molecule has 174 valence electrons. The Morgan fingerprint density at radius 3 is 1.38 bits per heavy atom. The highest BCUT2D eigenvalue weighted by atomic mass is 28.3. The van der Waals surface area contributed by atoms with E-state index in [0.29, 0.717) is 22.2 Å². The summed E-state index contributed by atoms with van der Waals surface area (Å²) in [6.07, 6.45) is 42.1. The molecule has 0 heterocycles. The van der Waals surface area contributed by atoms with Gasteiger partial charge in [0.1, 0.15) is 8.07 Å². The third kappa shape index (κ3) is 4.46. The first-order valence-electron chi connectivity index (χ1n) is 13.2. The summed E-state index contributed by atoms with van der Waals surface area (Å²) in [4.78, 5) is 0. The van der Waals surface area contributed by atoms with E-state index in [-0.39, 0.29) is 0 Å². The van der Waals surface area contributed by atoms with Gasteiger partial charge in [-0.15, -0.1) is 0 Å². The predicted octanol–water partition coefficient (Wildman–Crippen LogP) is 8.58. The summed E-state index contributed by atoms with van der Waals surface area (Å²) in [6, 6.07) is 14.3. The van der Waals surface area contributed by atoms with Gasteiger partial charge in [-0.2, -0.15) is 0 Å². The molecule has 34 heavy (non-hydrogen) atoms. The summed E-state index contributed by atoms with van der Waals surface area (Å²) in [5, 5.41) is 1.62. The van der Waals surface area contributed by atoms with Gasteiger partial charge in [-0.1, -0.05) is 171 Å². The first-order valence-corrected chi connectivity index (χ1v) is 18.4. The summed E-state index contributed by atoms with van der Waals surface area (Å²) >= 11 is 0. The van der Waals surface area contributed by atoms with Crippen molar-refractivity contribution in [3.63, 3.8) is 0 Å². The molecule has 0 N–H and O–H groups in total. The fourth-order valence-electron chi connectivity index (χ4n) is 6.78. The van der Waals surface area contributed by atoms with Crippen molar-refractivity contribution in [2.24, 2.45) is 0 Å². The molecule has 0 spiro atoms. The Bertz CT molecular complexity index is 975. The number of allylic oxidation sites excluding steroid dienone is 16. The van der Waals surface area contributed by atoms with Crippen LogP contribution in [0, 0.1) is 0 Å². The zero-order valence-corrected chi connectivity index (χ0v) is 22.5. The molecule has 0 saturated carbocycles. The summed E-state index contributed by atoms with van der Waals surface area (Å²) in [5.41, 5.74) is 2.55. The van der Waals surface area contributed by atoms with E-state index >= 15 is 0 Å². The Morgan fingerprint density at radius 1 is 0.500 bits per heavy atom.